The van der Waals surface area contributed by atoms with Crippen molar-refractivity contribution in [3.05, 3.63) is 107 Å². The molecule has 0 unspecified atom stereocenters. The molecule has 0 heterocycles. The fourth-order valence-electron chi connectivity index (χ4n) is 3.24. The van der Waals surface area contributed by atoms with E-state index in [0.717, 1.165) is 5.56 Å². The maximum absolute atomic E-state index is 12.7. The van der Waals surface area contributed by atoms with E-state index in [0.29, 0.717) is 27.9 Å². The fraction of sp³-hybridized carbons (Fsp3) is 0.0741. The van der Waals surface area contributed by atoms with Gasteiger partial charge < -0.3 is 14.8 Å². The van der Waals surface area contributed by atoms with Crippen LogP contribution in [0.4, 0.5) is 11.4 Å². The van der Waals surface area contributed by atoms with Crippen LogP contribution >= 0.6 is 23.2 Å². The standard InChI is InChI=1S/C27H22Cl2N2O5S/c1-18-7-10-20(11-8-18)31-37(33,34)22-12-14-25(23(29)16-22)35-17-27(32)30-24-15-19(28)9-13-26(24)36-21-5-3-2-4-6-21/h2-16,31H,17H2,1H3,(H,30,32). The van der Waals surface area contributed by atoms with Gasteiger partial charge in [-0.2, -0.15) is 0 Å². The maximum Gasteiger partial charge on any atom is 0.262 e. The van der Waals surface area contributed by atoms with E-state index in [1.54, 1.807) is 54.6 Å². The maximum atomic E-state index is 12.7. The first-order chi connectivity index (χ1) is 17.7. The summed E-state index contributed by atoms with van der Waals surface area (Å²) in [5.41, 5.74) is 1.79. The normalized spacial score (nSPS) is 11.0. The van der Waals surface area contributed by atoms with Crippen molar-refractivity contribution in [1.29, 1.82) is 0 Å². The van der Waals surface area contributed by atoms with Crippen molar-refractivity contribution >= 4 is 50.5 Å². The lowest BCUT2D eigenvalue weighted by Crippen LogP contribution is -2.20. The molecule has 0 aliphatic rings. The zero-order valence-electron chi connectivity index (χ0n) is 19.6. The van der Waals surface area contributed by atoms with Crippen molar-refractivity contribution in [2.24, 2.45) is 0 Å². The van der Waals surface area contributed by atoms with Crippen LogP contribution in [-0.2, 0) is 14.8 Å². The van der Waals surface area contributed by atoms with E-state index >= 15 is 0 Å². The van der Waals surface area contributed by atoms with E-state index in [2.05, 4.69) is 10.0 Å². The second-order valence-corrected chi connectivity index (χ2v) is 10.5. The van der Waals surface area contributed by atoms with Gasteiger partial charge in [-0.25, -0.2) is 8.42 Å². The van der Waals surface area contributed by atoms with E-state index in [9.17, 15) is 13.2 Å². The molecule has 0 bridgehead atoms. The number of para-hydroxylation sites is 1. The third kappa shape index (κ3) is 7.16. The molecular weight excluding hydrogens is 535 g/mol. The Labute approximate surface area is 225 Å². The molecule has 10 heteroatoms. The molecule has 0 fully saturated rings. The van der Waals surface area contributed by atoms with Gasteiger partial charge in [-0.15, -0.1) is 0 Å². The summed E-state index contributed by atoms with van der Waals surface area (Å²) in [7, 11) is -3.87. The Morgan fingerprint density at radius 2 is 1.57 bits per heavy atom. The van der Waals surface area contributed by atoms with Crippen LogP contribution in [0.25, 0.3) is 0 Å². The molecule has 0 spiro atoms. The zero-order chi connectivity index (χ0) is 26.4. The molecule has 0 aliphatic heterocycles. The summed E-state index contributed by atoms with van der Waals surface area (Å²) < 4.78 is 39.3. The number of hydrogen-bond donors (Lipinski definition) is 2. The molecule has 0 saturated carbocycles. The molecule has 37 heavy (non-hydrogen) atoms. The fourth-order valence-corrected chi connectivity index (χ4v) is 4.79. The molecule has 4 aromatic rings. The molecule has 1 amide bonds. The van der Waals surface area contributed by atoms with Gasteiger partial charge in [-0.1, -0.05) is 59.1 Å². The van der Waals surface area contributed by atoms with E-state index < -0.39 is 15.9 Å². The van der Waals surface area contributed by atoms with Gasteiger partial charge in [0.15, 0.2) is 12.4 Å². The second-order valence-electron chi connectivity index (χ2n) is 7.96. The molecule has 190 valence electrons. The topological polar surface area (TPSA) is 93.7 Å². The number of amides is 1. The van der Waals surface area contributed by atoms with Crippen LogP contribution in [0, 0.1) is 6.92 Å². The van der Waals surface area contributed by atoms with Crippen LogP contribution in [0.15, 0.2) is 95.9 Å². The molecule has 7 nitrogen and oxygen atoms in total. The molecule has 0 aliphatic carbocycles. The van der Waals surface area contributed by atoms with Crippen LogP contribution < -0.4 is 19.5 Å². The molecule has 0 radical (unpaired) electrons. The quantitative estimate of drug-likeness (QED) is 0.233. The van der Waals surface area contributed by atoms with Crippen LogP contribution in [-0.4, -0.2) is 20.9 Å². The number of carbonyl (C=O) groups excluding carboxylic acids is 1. The van der Waals surface area contributed by atoms with Crippen molar-refractivity contribution in [2.45, 2.75) is 11.8 Å². The first kappa shape index (κ1) is 26.3. The van der Waals surface area contributed by atoms with Crippen molar-refractivity contribution < 1.29 is 22.7 Å². The van der Waals surface area contributed by atoms with Crippen molar-refractivity contribution in [3.8, 4) is 17.2 Å². The minimum atomic E-state index is -3.87. The lowest BCUT2D eigenvalue weighted by Gasteiger charge is -2.14. The molecule has 0 aromatic heterocycles. The Balaban J connectivity index is 1.40. The zero-order valence-corrected chi connectivity index (χ0v) is 21.9. The molecule has 2 N–H and O–H groups in total. The van der Waals surface area contributed by atoms with Gasteiger partial charge >= 0.3 is 0 Å². The number of rotatable bonds is 9. The third-order valence-corrected chi connectivity index (χ3v) is 6.97. The summed E-state index contributed by atoms with van der Waals surface area (Å²) in [6, 6.07) is 24.9. The monoisotopic (exact) mass is 556 g/mol. The Morgan fingerprint density at radius 3 is 2.27 bits per heavy atom. The Kier molecular flexibility index (Phi) is 8.23. The van der Waals surface area contributed by atoms with Gasteiger partial charge in [0, 0.05) is 10.7 Å². The largest absolute Gasteiger partial charge is 0.482 e. The lowest BCUT2D eigenvalue weighted by atomic mass is 10.2. The van der Waals surface area contributed by atoms with Crippen molar-refractivity contribution in [2.75, 3.05) is 16.6 Å². The van der Waals surface area contributed by atoms with Crippen molar-refractivity contribution in [3.63, 3.8) is 0 Å². The van der Waals surface area contributed by atoms with Gasteiger partial charge in [0.25, 0.3) is 15.9 Å². The van der Waals surface area contributed by atoms with Crippen LogP contribution in [0.1, 0.15) is 5.56 Å². The molecule has 4 rings (SSSR count). The molecule has 0 atom stereocenters. The second kappa shape index (κ2) is 11.6. The number of benzene rings is 4. The van der Waals surface area contributed by atoms with E-state index in [-0.39, 0.29) is 22.3 Å². The predicted molar refractivity (Wildman–Crippen MR) is 146 cm³/mol. The minimum absolute atomic E-state index is 0.0374. The number of carbonyl (C=O) groups is 1. The highest BCUT2D eigenvalue weighted by Gasteiger charge is 2.17. The summed E-state index contributed by atoms with van der Waals surface area (Å²) in [6.45, 7) is 1.52. The van der Waals surface area contributed by atoms with E-state index in [4.69, 9.17) is 32.7 Å². The van der Waals surface area contributed by atoms with Gasteiger partial charge in [-0.05, 0) is 67.6 Å². The van der Waals surface area contributed by atoms with Crippen LogP contribution in [0.5, 0.6) is 17.2 Å². The van der Waals surface area contributed by atoms with Crippen molar-refractivity contribution in [1.82, 2.24) is 0 Å². The first-order valence-corrected chi connectivity index (χ1v) is 13.3. The number of anilines is 2. The molecular formula is C27H22Cl2N2O5S. The molecule has 0 saturated heterocycles. The Bertz CT molecular complexity index is 1510. The summed E-state index contributed by atoms with van der Waals surface area (Å²) >= 11 is 12.3. The van der Waals surface area contributed by atoms with E-state index in [1.807, 2.05) is 25.1 Å². The van der Waals surface area contributed by atoms with Gasteiger partial charge in [0.1, 0.15) is 11.5 Å². The van der Waals surface area contributed by atoms with Gasteiger partial charge in [0.2, 0.25) is 0 Å². The number of sulfonamides is 1. The number of hydrogen-bond acceptors (Lipinski definition) is 5. The summed E-state index contributed by atoms with van der Waals surface area (Å²) in [6.07, 6.45) is 0. The number of halogens is 2. The summed E-state index contributed by atoms with van der Waals surface area (Å²) in [5.74, 6) is 0.653. The summed E-state index contributed by atoms with van der Waals surface area (Å²) in [5, 5.41) is 3.16. The van der Waals surface area contributed by atoms with Crippen LogP contribution in [0.3, 0.4) is 0 Å². The first-order valence-electron chi connectivity index (χ1n) is 11.0. The minimum Gasteiger partial charge on any atom is -0.482 e. The average Bonchev–Trinajstić information content (AvgIpc) is 2.87. The Hall–Kier alpha value is -3.72. The smallest absolute Gasteiger partial charge is 0.262 e. The number of aryl methyl sites for hydroxylation is 1. The highest BCUT2D eigenvalue weighted by atomic mass is 35.5. The van der Waals surface area contributed by atoms with Gasteiger partial charge in [-0.3, -0.25) is 9.52 Å². The average molecular weight is 557 g/mol. The molecule has 4 aromatic carbocycles. The lowest BCUT2D eigenvalue weighted by molar-refractivity contribution is -0.118. The van der Waals surface area contributed by atoms with Gasteiger partial charge in [0.05, 0.1) is 15.6 Å². The summed E-state index contributed by atoms with van der Waals surface area (Å²) in [4.78, 5) is 12.5. The van der Waals surface area contributed by atoms with E-state index in [1.165, 1.54) is 18.2 Å². The third-order valence-electron chi connectivity index (χ3n) is 5.06. The predicted octanol–water partition coefficient (Wildman–Crippen LogP) is 6.91. The SMILES string of the molecule is Cc1ccc(NS(=O)(=O)c2ccc(OCC(=O)Nc3cc(Cl)ccc3Oc3ccccc3)c(Cl)c2)cc1. The number of ether oxygens (including phenoxy) is 2. The highest BCUT2D eigenvalue weighted by Crippen LogP contribution is 2.32. The number of nitrogens with one attached hydrogen (secondary N) is 2. The highest BCUT2D eigenvalue weighted by molar-refractivity contribution is 7.92. The van der Waals surface area contributed by atoms with Crippen LogP contribution in [0.2, 0.25) is 10.0 Å². The Morgan fingerprint density at radius 1 is 0.865 bits per heavy atom.